The Morgan fingerprint density at radius 1 is 1.13 bits per heavy atom. The van der Waals surface area contributed by atoms with Crippen LogP contribution in [-0.2, 0) is 6.18 Å². The summed E-state index contributed by atoms with van der Waals surface area (Å²) in [7, 11) is 0. The summed E-state index contributed by atoms with van der Waals surface area (Å²) < 4.78 is 39.2. The van der Waals surface area contributed by atoms with Crippen LogP contribution in [0.25, 0.3) is 5.65 Å². The smallest absolute Gasteiger partial charge is 0.399 e. The molecule has 0 bridgehead atoms. The Balaban J connectivity index is 1.98. The van der Waals surface area contributed by atoms with E-state index < -0.39 is 17.9 Å². The summed E-state index contributed by atoms with van der Waals surface area (Å²) >= 11 is 0. The molecule has 2 heterocycles. The molecule has 0 unspecified atom stereocenters. The Hall–Kier alpha value is -3.10. The van der Waals surface area contributed by atoms with Crippen molar-refractivity contribution in [1.82, 2.24) is 14.6 Å². The predicted molar refractivity (Wildman–Crippen MR) is 76.8 cm³/mol. The highest BCUT2D eigenvalue weighted by atomic mass is 19.4. The number of rotatable bonds is 2. The zero-order chi connectivity index (χ0) is 16.6. The Labute approximate surface area is 127 Å². The van der Waals surface area contributed by atoms with E-state index in [1.54, 1.807) is 24.3 Å². The number of nitrogens with two attached hydrogens (primary N) is 1. The second kappa shape index (κ2) is 5.27. The van der Waals surface area contributed by atoms with Gasteiger partial charge in [-0.2, -0.15) is 13.2 Å². The molecule has 9 heteroatoms. The fourth-order valence-electron chi connectivity index (χ4n) is 2.05. The number of carbonyl (C=O) groups excluding carboxylic acids is 1. The molecular weight excluding hydrogens is 311 g/mol. The summed E-state index contributed by atoms with van der Waals surface area (Å²) in [6, 6.07) is 9.04. The first kappa shape index (κ1) is 14.8. The van der Waals surface area contributed by atoms with Crippen molar-refractivity contribution in [3.63, 3.8) is 0 Å². The molecule has 0 aliphatic rings. The number of hydrogen-bond donors (Lipinski definition) is 2. The number of benzene rings is 1. The fourth-order valence-corrected chi connectivity index (χ4v) is 2.05. The molecule has 118 valence electrons. The fraction of sp³-hybridized carbons (Fsp3) is 0.0714. The van der Waals surface area contributed by atoms with Crippen molar-refractivity contribution in [2.24, 2.45) is 0 Å². The number of hydrogen-bond acceptors (Lipinski definition) is 4. The third kappa shape index (κ3) is 2.80. The van der Waals surface area contributed by atoms with Gasteiger partial charge < -0.3 is 11.1 Å². The highest BCUT2D eigenvalue weighted by Crippen LogP contribution is 2.28. The average Bonchev–Trinajstić information content (AvgIpc) is 2.93. The molecule has 3 aromatic rings. The number of fused-ring (bicyclic) bond motifs is 1. The quantitative estimate of drug-likeness (QED) is 0.710. The predicted octanol–water partition coefficient (Wildman–Crippen LogP) is 2.58. The molecule has 1 aromatic carbocycles. The van der Waals surface area contributed by atoms with Gasteiger partial charge in [0, 0.05) is 17.6 Å². The van der Waals surface area contributed by atoms with Crippen LogP contribution in [0, 0.1) is 0 Å². The highest BCUT2D eigenvalue weighted by Gasteiger charge is 2.37. The second-order valence-corrected chi connectivity index (χ2v) is 4.71. The number of amides is 1. The van der Waals surface area contributed by atoms with Gasteiger partial charge in [0.2, 0.25) is 5.82 Å². The van der Waals surface area contributed by atoms with Crippen molar-refractivity contribution in [2.45, 2.75) is 6.18 Å². The van der Waals surface area contributed by atoms with E-state index in [0.717, 1.165) is 10.6 Å². The van der Waals surface area contributed by atoms with Crippen molar-refractivity contribution in [3.05, 3.63) is 54.0 Å². The summed E-state index contributed by atoms with van der Waals surface area (Å²) in [6.07, 6.45) is -3.51. The van der Waals surface area contributed by atoms with Crippen LogP contribution in [0.5, 0.6) is 0 Å². The van der Waals surface area contributed by atoms with E-state index in [1.165, 1.54) is 12.1 Å². The first-order chi connectivity index (χ1) is 10.9. The van der Waals surface area contributed by atoms with Crippen LogP contribution in [0.4, 0.5) is 24.5 Å². The molecule has 3 N–H and O–H groups in total. The average molecular weight is 321 g/mol. The lowest BCUT2D eigenvalue weighted by molar-refractivity contribution is -0.145. The van der Waals surface area contributed by atoms with E-state index in [1.807, 2.05) is 0 Å². The van der Waals surface area contributed by atoms with E-state index in [0.29, 0.717) is 11.4 Å². The van der Waals surface area contributed by atoms with E-state index in [9.17, 15) is 18.0 Å². The van der Waals surface area contributed by atoms with Crippen molar-refractivity contribution >= 4 is 22.9 Å². The maximum absolute atomic E-state index is 12.8. The second-order valence-electron chi connectivity index (χ2n) is 4.71. The SMILES string of the molecule is Nc1ccc(NC(=O)c2cccn3c(C(F)(F)F)nnc23)cc1. The third-order valence-electron chi connectivity index (χ3n) is 3.10. The maximum Gasteiger partial charge on any atom is 0.452 e. The van der Waals surface area contributed by atoms with Gasteiger partial charge in [-0.25, -0.2) is 0 Å². The molecule has 0 spiro atoms. The number of alkyl halides is 3. The van der Waals surface area contributed by atoms with Gasteiger partial charge >= 0.3 is 6.18 Å². The Kier molecular flexibility index (Phi) is 3.40. The Morgan fingerprint density at radius 3 is 2.48 bits per heavy atom. The zero-order valence-corrected chi connectivity index (χ0v) is 11.5. The van der Waals surface area contributed by atoms with Crippen LogP contribution in [0.2, 0.25) is 0 Å². The van der Waals surface area contributed by atoms with Gasteiger partial charge in [0.05, 0.1) is 5.56 Å². The van der Waals surface area contributed by atoms with Crippen LogP contribution in [0.1, 0.15) is 16.2 Å². The molecule has 1 amide bonds. The van der Waals surface area contributed by atoms with Gasteiger partial charge in [-0.3, -0.25) is 9.20 Å². The van der Waals surface area contributed by atoms with Crippen LogP contribution in [-0.4, -0.2) is 20.5 Å². The normalized spacial score (nSPS) is 11.6. The molecule has 0 fully saturated rings. The van der Waals surface area contributed by atoms with Gasteiger partial charge in [-0.15, -0.1) is 10.2 Å². The van der Waals surface area contributed by atoms with Gasteiger partial charge in [0.25, 0.3) is 5.91 Å². The number of anilines is 2. The first-order valence-corrected chi connectivity index (χ1v) is 6.44. The molecule has 3 rings (SSSR count). The molecule has 0 radical (unpaired) electrons. The lowest BCUT2D eigenvalue weighted by Crippen LogP contribution is -2.15. The van der Waals surface area contributed by atoms with Crippen LogP contribution in [0.3, 0.4) is 0 Å². The van der Waals surface area contributed by atoms with Crippen molar-refractivity contribution in [2.75, 3.05) is 11.1 Å². The summed E-state index contributed by atoms with van der Waals surface area (Å²) in [4.78, 5) is 12.3. The summed E-state index contributed by atoms with van der Waals surface area (Å²) in [5.41, 5.74) is 6.34. The summed E-state index contributed by atoms with van der Waals surface area (Å²) in [5.74, 6) is -1.78. The third-order valence-corrected chi connectivity index (χ3v) is 3.10. The molecule has 0 saturated heterocycles. The van der Waals surface area contributed by atoms with Crippen molar-refractivity contribution < 1.29 is 18.0 Å². The number of aromatic nitrogens is 3. The lowest BCUT2D eigenvalue weighted by Gasteiger charge is -2.07. The maximum atomic E-state index is 12.8. The van der Waals surface area contributed by atoms with Crippen molar-refractivity contribution in [3.8, 4) is 0 Å². The summed E-state index contributed by atoms with van der Waals surface area (Å²) in [5, 5.41) is 9.16. The van der Waals surface area contributed by atoms with Crippen LogP contribution >= 0.6 is 0 Å². The zero-order valence-electron chi connectivity index (χ0n) is 11.5. The van der Waals surface area contributed by atoms with Gasteiger partial charge in [-0.05, 0) is 36.4 Å². The number of carbonyl (C=O) groups is 1. The van der Waals surface area contributed by atoms with E-state index in [4.69, 9.17) is 5.73 Å². The van der Waals surface area contributed by atoms with E-state index in [-0.39, 0.29) is 11.2 Å². The largest absolute Gasteiger partial charge is 0.452 e. The van der Waals surface area contributed by atoms with Gasteiger partial charge in [0.1, 0.15) is 0 Å². The Morgan fingerprint density at radius 2 is 1.83 bits per heavy atom. The minimum atomic E-state index is -4.66. The number of nitrogens with one attached hydrogen (secondary N) is 1. The number of pyridine rings is 1. The number of nitrogens with zero attached hydrogens (tertiary/aromatic N) is 3. The molecule has 0 saturated carbocycles. The molecule has 0 atom stereocenters. The minimum absolute atomic E-state index is 0.0210. The monoisotopic (exact) mass is 321 g/mol. The topological polar surface area (TPSA) is 85.3 Å². The first-order valence-electron chi connectivity index (χ1n) is 6.44. The molecule has 2 aromatic heterocycles. The van der Waals surface area contributed by atoms with Crippen LogP contribution < -0.4 is 11.1 Å². The molecule has 0 aliphatic heterocycles. The number of nitrogen functional groups attached to an aromatic ring is 1. The summed E-state index contributed by atoms with van der Waals surface area (Å²) in [6.45, 7) is 0. The van der Waals surface area contributed by atoms with E-state index >= 15 is 0 Å². The Bertz CT molecular complexity index is 870. The standard InChI is InChI=1S/C14H10F3N5O/c15-14(16,17)13-21-20-11-10(2-1-7-22(11)13)12(23)19-9-5-3-8(18)4-6-9/h1-7H,18H2,(H,19,23). The minimum Gasteiger partial charge on any atom is -0.399 e. The molecular formula is C14H10F3N5O. The number of halogens is 3. The lowest BCUT2D eigenvalue weighted by atomic mass is 10.2. The van der Waals surface area contributed by atoms with Gasteiger partial charge in [-0.1, -0.05) is 0 Å². The van der Waals surface area contributed by atoms with E-state index in [2.05, 4.69) is 15.5 Å². The molecule has 0 aliphatic carbocycles. The van der Waals surface area contributed by atoms with Gasteiger partial charge in [0.15, 0.2) is 5.65 Å². The van der Waals surface area contributed by atoms with Crippen LogP contribution in [0.15, 0.2) is 42.6 Å². The van der Waals surface area contributed by atoms with Crippen molar-refractivity contribution in [1.29, 1.82) is 0 Å². The molecule has 6 nitrogen and oxygen atoms in total. The molecule has 23 heavy (non-hydrogen) atoms. The highest BCUT2D eigenvalue weighted by molar-refractivity contribution is 6.08.